The molecular formula is C24H31Cl2N7O3. The number of methoxy groups -OCH3 is 1. The standard InChI is InChI=1S/C24H29N7O3.2ClH/c1-34-24(33)18(3-2-10-25)30-20(32)12-17-16-9-8-15(23(28)29)11-19(16)31-21(17)13-4-6-14(7-5-13)22(26)27;;/h4-9,11,18,31H,2-3,10,12,25H2,1H3,(H3,26,27)(H3,28,29)(H,30,32);2*1H. The first-order chi connectivity index (χ1) is 16.2. The first-order valence-electron chi connectivity index (χ1n) is 10.8. The number of hydrogen-bond acceptors (Lipinski definition) is 6. The Hall–Kier alpha value is -3.60. The number of carbonyl (C=O) groups excluding carboxylic acids is 2. The molecule has 2 aromatic carbocycles. The number of esters is 1. The number of aromatic amines is 1. The van der Waals surface area contributed by atoms with Gasteiger partial charge in [0.1, 0.15) is 17.7 Å². The van der Waals surface area contributed by atoms with E-state index in [1.54, 1.807) is 24.3 Å². The van der Waals surface area contributed by atoms with Crippen molar-refractivity contribution in [3.8, 4) is 11.3 Å². The number of hydrogen-bond donors (Lipinski definition) is 7. The monoisotopic (exact) mass is 535 g/mol. The minimum atomic E-state index is -0.783. The summed E-state index contributed by atoms with van der Waals surface area (Å²) in [5, 5.41) is 18.9. The lowest BCUT2D eigenvalue weighted by molar-refractivity contribution is -0.145. The zero-order chi connectivity index (χ0) is 24.8. The molecule has 1 heterocycles. The van der Waals surface area contributed by atoms with Gasteiger partial charge < -0.3 is 32.2 Å². The molecule has 3 aromatic rings. The van der Waals surface area contributed by atoms with E-state index in [1.165, 1.54) is 7.11 Å². The lowest BCUT2D eigenvalue weighted by Crippen LogP contribution is -2.42. The summed E-state index contributed by atoms with van der Waals surface area (Å²) in [6.07, 6.45) is 0.943. The lowest BCUT2D eigenvalue weighted by atomic mass is 10.00. The van der Waals surface area contributed by atoms with Crippen molar-refractivity contribution >= 4 is 59.3 Å². The van der Waals surface area contributed by atoms with Gasteiger partial charge in [0.05, 0.1) is 19.2 Å². The Kier molecular flexibility index (Phi) is 11.4. The van der Waals surface area contributed by atoms with Crippen LogP contribution in [-0.4, -0.2) is 48.2 Å². The molecule has 0 saturated heterocycles. The maximum Gasteiger partial charge on any atom is 0.328 e. The van der Waals surface area contributed by atoms with Crippen molar-refractivity contribution in [1.29, 1.82) is 10.8 Å². The molecule has 1 aromatic heterocycles. The highest BCUT2D eigenvalue weighted by Crippen LogP contribution is 2.31. The van der Waals surface area contributed by atoms with Gasteiger partial charge in [0.2, 0.25) is 5.91 Å². The predicted molar refractivity (Wildman–Crippen MR) is 146 cm³/mol. The molecule has 1 atom stereocenters. The van der Waals surface area contributed by atoms with E-state index in [2.05, 4.69) is 10.3 Å². The SMILES string of the molecule is COC(=O)C(CCCN)NC(=O)Cc1c(-c2ccc(C(=N)N)cc2)[nH]c2cc(C(=N)N)ccc12.Cl.Cl. The van der Waals surface area contributed by atoms with Gasteiger partial charge in [0.25, 0.3) is 0 Å². The molecule has 194 valence electrons. The number of halogens is 2. The first-order valence-corrected chi connectivity index (χ1v) is 10.8. The van der Waals surface area contributed by atoms with Gasteiger partial charge >= 0.3 is 5.97 Å². The highest BCUT2D eigenvalue weighted by atomic mass is 35.5. The van der Waals surface area contributed by atoms with E-state index in [-0.39, 0.29) is 48.8 Å². The van der Waals surface area contributed by atoms with Gasteiger partial charge in [0.15, 0.2) is 0 Å². The van der Waals surface area contributed by atoms with Crippen LogP contribution in [0.15, 0.2) is 42.5 Å². The second-order valence-corrected chi connectivity index (χ2v) is 7.89. The number of amidine groups is 2. The third-order valence-corrected chi connectivity index (χ3v) is 5.56. The third-order valence-electron chi connectivity index (χ3n) is 5.56. The number of benzene rings is 2. The average Bonchev–Trinajstić information content (AvgIpc) is 3.18. The highest BCUT2D eigenvalue weighted by molar-refractivity contribution is 6.02. The Balaban J connectivity index is 0.00000324. The van der Waals surface area contributed by atoms with Crippen molar-refractivity contribution in [1.82, 2.24) is 10.3 Å². The molecule has 0 spiro atoms. The molecule has 10 nitrogen and oxygen atoms in total. The van der Waals surface area contributed by atoms with E-state index in [1.807, 2.05) is 18.2 Å². The molecule has 1 amide bonds. The van der Waals surface area contributed by atoms with Crippen LogP contribution in [0.2, 0.25) is 0 Å². The molecule has 0 saturated carbocycles. The van der Waals surface area contributed by atoms with E-state index >= 15 is 0 Å². The van der Waals surface area contributed by atoms with Crippen LogP contribution in [-0.2, 0) is 20.7 Å². The van der Waals surface area contributed by atoms with Gasteiger partial charge in [-0.2, -0.15) is 0 Å². The number of nitrogens with one attached hydrogen (secondary N) is 4. The number of amides is 1. The average molecular weight is 536 g/mol. The van der Waals surface area contributed by atoms with E-state index in [0.29, 0.717) is 41.7 Å². The summed E-state index contributed by atoms with van der Waals surface area (Å²) in [7, 11) is 1.28. The van der Waals surface area contributed by atoms with Crippen LogP contribution in [0.3, 0.4) is 0 Å². The zero-order valence-corrected chi connectivity index (χ0v) is 21.4. The number of ether oxygens (including phenoxy) is 1. The summed E-state index contributed by atoms with van der Waals surface area (Å²) in [6.45, 7) is 0.394. The van der Waals surface area contributed by atoms with E-state index < -0.39 is 12.0 Å². The summed E-state index contributed by atoms with van der Waals surface area (Å²) >= 11 is 0. The molecule has 12 heteroatoms. The fourth-order valence-corrected chi connectivity index (χ4v) is 3.79. The minimum absolute atomic E-state index is 0. The first kappa shape index (κ1) is 30.4. The normalized spacial score (nSPS) is 11.1. The van der Waals surface area contributed by atoms with Crippen LogP contribution < -0.4 is 22.5 Å². The van der Waals surface area contributed by atoms with Crippen molar-refractivity contribution in [2.45, 2.75) is 25.3 Å². The summed E-state index contributed by atoms with van der Waals surface area (Å²) in [5.74, 6) is -0.971. The maximum absolute atomic E-state index is 13.0. The minimum Gasteiger partial charge on any atom is -0.467 e. The Morgan fingerprint density at radius 1 is 1.03 bits per heavy atom. The fraction of sp³-hybridized carbons (Fsp3) is 0.250. The molecular weight excluding hydrogens is 505 g/mol. The number of fused-ring (bicyclic) bond motifs is 1. The van der Waals surface area contributed by atoms with Crippen LogP contribution in [0.1, 0.15) is 29.5 Å². The van der Waals surface area contributed by atoms with Crippen LogP contribution in [0.5, 0.6) is 0 Å². The number of carbonyl (C=O) groups is 2. The van der Waals surface area contributed by atoms with Crippen LogP contribution >= 0.6 is 24.8 Å². The molecule has 0 aliphatic heterocycles. The van der Waals surface area contributed by atoms with Crippen LogP contribution in [0, 0.1) is 10.8 Å². The highest BCUT2D eigenvalue weighted by Gasteiger charge is 2.23. The van der Waals surface area contributed by atoms with Crippen molar-refractivity contribution in [2.75, 3.05) is 13.7 Å². The largest absolute Gasteiger partial charge is 0.467 e. The van der Waals surface area contributed by atoms with Crippen molar-refractivity contribution in [3.05, 3.63) is 59.2 Å². The number of rotatable bonds is 10. The molecule has 3 rings (SSSR count). The number of aromatic nitrogens is 1. The van der Waals surface area contributed by atoms with Crippen molar-refractivity contribution in [3.63, 3.8) is 0 Å². The van der Waals surface area contributed by atoms with Crippen molar-refractivity contribution < 1.29 is 14.3 Å². The molecule has 10 N–H and O–H groups in total. The molecule has 0 aliphatic carbocycles. The van der Waals surface area contributed by atoms with Gasteiger partial charge in [0, 0.05) is 22.0 Å². The molecule has 0 radical (unpaired) electrons. The second kappa shape index (κ2) is 13.5. The Morgan fingerprint density at radius 2 is 1.64 bits per heavy atom. The number of nitrogen functional groups attached to an aromatic ring is 2. The zero-order valence-electron chi connectivity index (χ0n) is 19.7. The van der Waals surface area contributed by atoms with Gasteiger partial charge in [-0.25, -0.2) is 4.79 Å². The van der Waals surface area contributed by atoms with Crippen molar-refractivity contribution in [2.24, 2.45) is 17.2 Å². The lowest BCUT2D eigenvalue weighted by Gasteiger charge is -2.16. The Morgan fingerprint density at radius 3 is 2.19 bits per heavy atom. The molecule has 0 bridgehead atoms. The topological polar surface area (TPSA) is 197 Å². The molecule has 0 aliphatic rings. The van der Waals surface area contributed by atoms with E-state index in [9.17, 15) is 9.59 Å². The van der Waals surface area contributed by atoms with Gasteiger partial charge in [-0.3, -0.25) is 15.6 Å². The quantitative estimate of drug-likeness (QED) is 0.118. The smallest absolute Gasteiger partial charge is 0.328 e. The van der Waals surface area contributed by atoms with Crippen LogP contribution in [0.4, 0.5) is 0 Å². The fourth-order valence-electron chi connectivity index (χ4n) is 3.79. The number of nitrogens with two attached hydrogens (primary N) is 3. The maximum atomic E-state index is 13.0. The summed E-state index contributed by atoms with van der Waals surface area (Å²) < 4.78 is 4.81. The summed E-state index contributed by atoms with van der Waals surface area (Å²) in [5.41, 5.74) is 20.8. The molecule has 36 heavy (non-hydrogen) atoms. The van der Waals surface area contributed by atoms with E-state index in [0.717, 1.165) is 16.5 Å². The Bertz CT molecular complexity index is 1240. The number of H-pyrrole nitrogens is 1. The predicted octanol–water partition coefficient (Wildman–Crippen LogP) is 2.19. The van der Waals surface area contributed by atoms with Gasteiger partial charge in [-0.05, 0) is 36.6 Å². The van der Waals surface area contributed by atoms with E-state index in [4.69, 9.17) is 32.8 Å². The molecule has 1 unspecified atom stereocenters. The van der Waals surface area contributed by atoms with Gasteiger partial charge in [-0.1, -0.05) is 36.4 Å². The Labute approximate surface area is 221 Å². The summed E-state index contributed by atoms with van der Waals surface area (Å²) in [6, 6.07) is 11.6. The van der Waals surface area contributed by atoms with Gasteiger partial charge in [-0.15, -0.1) is 24.8 Å². The molecule has 0 fully saturated rings. The second-order valence-electron chi connectivity index (χ2n) is 7.89. The summed E-state index contributed by atoms with van der Waals surface area (Å²) in [4.78, 5) is 28.4. The van der Waals surface area contributed by atoms with Crippen LogP contribution in [0.25, 0.3) is 22.2 Å². The third kappa shape index (κ3) is 6.97.